The van der Waals surface area contributed by atoms with Crippen molar-refractivity contribution >= 4 is 27.5 Å². The van der Waals surface area contributed by atoms with E-state index in [4.69, 9.17) is 4.98 Å². The molecule has 1 saturated heterocycles. The highest BCUT2D eigenvalue weighted by atomic mass is 32.2. The van der Waals surface area contributed by atoms with Gasteiger partial charge >= 0.3 is 0 Å². The number of rotatable bonds is 6. The predicted octanol–water partition coefficient (Wildman–Crippen LogP) is 2.99. The van der Waals surface area contributed by atoms with Crippen molar-refractivity contribution in [3.05, 3.63) is 60.7 Å². The number of thioether (sulfide) groups is 1. The van der Waals surface area contributed by atoms with E-state index in [2.05, 4.69) is 15.5 Å². The topological polar surface area (TPSA) is 102 Å². The second-order valence-electron chi connectivity index (χ2n) is 7.39. The summed E-state index contributed by atoms with van der Waals surface area (Å²) in [4.78, 5) is 17.3. The second kappa shape index (κ2) is 9.15. The molecular weight excluding hydrogens is 432 g/mol. The van der Waals surface area contributed by atoms with Crippen LogP contribution in [0.5, 0.6) is 0 Å². The third kappa shape index (κ3) is 5.29. The lowest BCUT2D eigenvalue weighted by atomic mass is 10.0. The maximum Gasteiger partial charge on any atom is 0.233 e. The van der Waals surface area contributed by atoms with Crippen LogP contribution >= 0.6 is 11.8 Å². The molecule has 9 heteroatoms. The van der Waals surface area contributed by atoms with Crippen LogP contribution in [0.4, 0.5) is 0 Å². The van der Waals surface area contributed by atoms with Crippen molar-refractivity contribution in [1.29, 1.82) is 0 Å². The summed E-state index contributed by atoms with van der Waals surface area (Å²) in [6.07, 6.45) is 0.452. The van der Waals surface area contributed by atoms with Crippen molar-refractivity contribution in [2.75, 3.05) is 11.5 Å². The second-order valence-corrected chi connectivity index (χ2v) is 10.9. The number of sulfone groups is 1. The number of hydrogen-bond donors (Lipinski definition) is 1. The summed E-state index contributed by atoms with van der Waals surface area (Å²) >= 11 is 1.20. The van der Waals surface area contributed by atoms with E-state index in [9.17, 15) is 13.2 Å². The molecule has 7 nitrogen and oxygen atoms in total. The smallest absolute Gasteiger partial charge is 0.233 e. The molecule has 160 valence electrons. The van der Waals surface area contributed by atoms with Crippen molar-refractivity contribution < 1.29 is 13.2 Å². The summed E-state index contributed by atoms with van der Waals surface area (Å²) in [7, 11) is -3.05. The third-order valence-electron chi connectivity index (χ3n) is 4.99. The monoisotopic (exact) mass is 454 g/mol. The van der Waals surface area contributed by atoms with Gasteiger partial charge in [0.2, 0.25) is 11.1 Å². The van der Waals surface area contributed by atoms with E-state index in [-0.39, 0.29) is 23.5 Å². The molecule has 0 aliphatic carbocycles. The van der Waals surface area contributed by atoms with Crippen LogP contribution < -0.4 is 5.32 Å². The molecule has 1 aromatic heterocycles. The molecule has 2 atom stereocenters. The maximum atomic E-state index is 12.6. The summed E-state index contributed by atoms with van der Waals surface area (Å²) in [6.45, 7) is 1.75. The zero-order valence-corrected chi connectivity index (χ0v) is 18.6. The molecule has 1 N–H and O–H groups in total. The predicted molar refractivity (Wildman–Crippen MR) is 121 cm³/mol. The number of carbonyl (C=O) groups excluding carboxylic acids is 1. The molecule has 2 heterocycles. The van der Waals surface area contributed by atoms with Crippen LogP contribution in [0.15, 0.2) is 65.8 Å². The van der Waals surface area contributed by atoms with Gasteiger partial charge in [0, 0.05) is 17.2 Å². The Balaban J connectivity index is 1.56. The van der Waals surface area contributed by atoms with Gasteiger partial charge < -0.3 is 5.32 Å². The number of benzene rings is 2. The standard InChI is InChI=1S/C22H22N4O3S2/c1-15(21(27)23-18-12-13-31(28,29)14-18)30-22-24-19(16-8-4-2-5-9-16)20(25-26-22)17-10-6-3-7-11-17/h2-11,15,18H,12-14H2,1H3,(H,23,27)/t15-,18+/m0/s1. The average Bonchev–Trinajstić information content (AvgIpc) is 3.13. The quantitative estimate of drug-likeness (QED) is 0.571. The Labute approximate surface area is 185 Å². The first-order valence-electron chi connectivity index (χ1n) is 9.94. The molecule has 31 heavy (non-hydrogen) atoms. The molecule has 0 bridgehead atoms. The van der Waals surface area contributed by atoms with Crippen molar-refractivity contribution in [2.24, 2.45) is 0 Å². The summed E-state index contributed by atoms with van der Waals surface area (Å²) in [6, 6.07) is 19.1. The van der Waals surface area contributed by atoms with Gasteiger partial charge in [-0.05, 0) is 13.3 Å². The van der Waals surface area contributed by atoms with E-state index >= 15 is 0 Å². The first-order valence-corrected chi connectivity index (χ1v) is 12.6. The van der Waals surface area contributed by atoms with Crippen LogP contribution in [0.2, 0.25) is 0 Å². The van der Waals surface area contributed by atoms with Gasteiger partial charge in [-0.15, -0.1) is 10.2 Å². The molecule has 0 radical (unpaired) electrons. The van der Waals surface area contributed by atoms with Gasteiger partial charge in [0.05, 0.1) is 16.8 Å². The molecule has 0 unspecified atom stereocenters. The van der Waals surface area contributed by atoms with Crippen molar-refractivity contribution in [3.63, 3.8) is 0 Å². The van der Waals surface area contributed by atoms with E-state index in [1.165, 1.54) is 11.8 Å². The van der Waals surface area contributed by atoms with Crippen LogP contribution in [-0.4, -0.2) is 52.3 Å². The molecule has 0 spiro atoms. The molecule has 1 amide bonds. The highest BCUT2D eigenvalue weighted by molar-refractivity contribution is 8.00. The third-order valence-corrected chi connectivity index (χ3v) is 7.71. The molecule has 2 aromatic carbocycles. The van der Waals surface area contributed by atoms with E-state index in [1.807, 2.05) is 60.7 Å². The van der Waals surface area contributed by atoms with E-state index in [0.717, 1.165) is 11.1 Å². The zero-order chi connectivity index (χ0) is 21.8. The van der Waals surface area contributed by atoms with Crippen LogP contribution in [0.3, 0.4) is 0 Å². The average molecular weight is 455 g/mol. The molecule has 1 aliphatic rings. The van der Waals surface area contributed by atoms with Crippen molar-refractivity contribution in [1.82, 2.24) is 20.5 Å². The minimum Gasteiger partial charge on any atom is -0.351 e. The number of hydrogen-bond acceptors (Lipinski definition) is 7. The van der Waals surface area contributed by atoms with Gasteiger partial charge in [-0.2, -0.15) is 0 Å². The fourth-order valence-corrected chi connectivity index (χ4v) is 5.78. The number of aromatic nitrogens is 3. The summed E-state index contributed by atoms with van der Waals surface area (Å²) in [5, 5.41) is 11.4. The molecule has 0 saturated carbocycles. The highest BCUT2D eigenvalue weighted by Crippen LogP contribution is 2.30. The molecule has 1 aliphatic heterocycles. The zero-order valence-electron chi connectivity index (χ0n) is 16.9. The Morgan fingerprint density at radius 2 is 1.61 bits per heavy atom. The molecule has 3 aromatic rings. The summed E-state index contributed by atoms with van der Waals surface area (Å²) in [5.74, 6) is -0.115. The van der Waals surface area contributed by atoms with Crippen molar-refractivity contribution in [2.45, 2.75) is 29.8 Å². The van der Waals surface area contributed by atoms with Crippen LogP contribution in [-0.2, 0) is 14.6 Å². The van der Waals surface area contributed by atoms with Gasteiger partial charge in [-0.25, -0.2) is 13.4 Å². The van der Waals surface area contributed by atoms with E-state index in [0.29, 0.717) is 23.0 Å². The van der Waals surface area contributed by atoms with Crippen molar-refractivity contribution in [3.8, 4) is 22.5 Å². The Bertz CT molecular complexity index is 1170. The molecule has 4 rings (SSSR count). The lowest BCUT2D eigenvalue weighted by Crippen LogP contribution is -2.40. The number of nitrogens with zero attached hydrogens (tertiary/aromatic N) is 3. The highest BCUT2D eigenvalue weighted by Gasteiger charge is 2.30. The Kier molecular flexibility index (Phi) is 6.33. The lowest BCUT2D eigenvalue weighted by Gasteiger charge is -2.15. The summed E-state index contributed by atoms with van der Waals surface area (Å²) < 4.78 is 23.2. The fourth-order valence-electron chi connectivity index (χ4n) is 3.39. The minimum atomic E-state index is -3.05. The SMILES string of the molecule is C[C@H](Sc1nnc(-c2ccccc2)c(-c2ccccc2)n1)C(=O)N[C@@H]1CCS(=O)(=O)C1. The van der Waals surface area contributed by atoms with Gasteiger partial charge in [-0.3, -0.25) is 4.79 Å². The number of nitrogens with one attached hydrogen (secondary N) is 1. The Morgan fingerprint density at radius 3 is 2.19 bits per heavy atom. The Morgan fingerprint density at radius 1 is 1.00 bits per heavy atom. The largest absolute Gasteiger partial charge is 0.351 e. The van der Waals surface area contributed by atoms with Crippen LogP contribution in [0.25, 0.3) is 22.5 Å². The van der Waals surface area contributed by atoms with Gasteiger partial charge in [-0.1, -0.05) is 72.4 Å². The van der Waals surface area contributed by atoms with Crippen LogP contribution in [0, 0.1) is 0 Å². The van der Waals surface area contributed by atoms with E-state index < -0.39 is 15.1 Å². The maximum absolute atomic E-state index is 12.6. The minimum absolute atomic E-state index is 0.00187. The molecular formula is C22H22N4O3S2. The lowest BCUT2D eigenvalue weighted by molar-refractivity contribution is -0.120. The van der Waals surface area contributed by atoms with Gasteiger partial charge in [0.1, 0.15) is 11.4 Å². The summed E-state index contributed by atoms with van der Waals surface area (Å²) in [5.41, 5.74) is 3.18. The van der Waals surface area contributed by atoms with E-state index in [1.54, 1.807) is 6.92 Å². The number of amides is 1. The van der Waals surface area contributed by atoms with Gasteiger partial charge in [0.15, 0.2) is 9.84 Å². The van der Waals surface area contributed by atoms with Gasteiger partial charge in [0.25, 0.3) is 0 Å². The van der Waals surface area contributed by atoms with Crippen LogP contribution in [0.1, 0.15) is 13.3 Å². The first kappa shape index (κ1) is 21.5. The Hall–Kier alpha value is -2.78. The first-order chi connectivity index (χ1) is 14.9. The number of carbonyl (C=O) groups is 1. The fraction of sp³-hybridized carbons (Fsp3) is 0.273. The normalized spacial score (nSPS) is 18.4. The molecule has 1 fully saturated rings.